The third kappa shape index (κ3) is 6.40. The Bertz CT molecular complexity index is 1980. The molecule has 0 aliphatic carbocycles. The molecule has 0 atom stereocenters. The maximum atomic E-state index is 12.4. The van der Waals surface area contributed by atoms with Crippen LogP contribution in [0.4, 0.5) is 0 Å². The summed E-state index contributed by atoms with van der Waals surface area (Å²) in [6.45, 7) is 8.56. The van der Waals surface area contributed by atoms with Crippen molar-refractivity contribution in [1.82, 2.24) is 19.7 Å². The van der Waals surface area contributed by atoms with Crippen LogP contribution in [0.5, 0.6) is 17.2 Å². The van der Waals surface area contributed by atoms with Gasteiger partial charge in [0, 0.05) is 40.2 Å². The molecule has 1 N–H and O–H groups in total. The molecule has 3 aromatic carbocycles. The first-order valence-corrected chi connectivity index (χ1v) is 14.6. The average Bonchev–Trinajstić information content (AvgIpc) is 3.53. The van der Waals surface area contributed by atoms with Crippen LogP contribution in [-0.2, 0) is 6.61 Å². The average molecular weight is 611 g/mol. The Morgan fingerprint density at radius 3 is 2.20 bits per heavy atom. The first-order chi connectivity index (χ1) is 21.2. The summed E-state index contributed by atoms with van der Waals surface area (Å²) in [5, 5.41) is 6.51. The molecule has 0 aliphatic rings. The number of aromatic amines is 1. The molecule has 3 heterocycles. The number of hydrogen-bond acceptors (Lipinski definition) is 6. The van der Waals surface area contributed by atoms with Gasteiger partial charge in [-0.2, -0.15) is 5.10 Å². The van der Waals surface area contributed by atoms with Gasteiger partial charge < -0.3 is 19.2 Å². The van der Waals surface area contributed by atoms with Crippen molar-refractivity contribution in [3.8, 4) is 23.1 Å². The summed E-state index contributed by atoms with van der Waals surface area (Å²) in [5.41, 5.74) is 5.51. The van der Waals surface area contributed by atoms with E-state index in [0.717, 1.165) is 56.1 Å². The van der Waals surface area contributed by atoms with E-state index in [1.165, 1.54) is 0 Å². The number of methoxy groups -OCH3 is 2. The first kappa shape index (κ1) is 30.6. The third-order valence-electron chi connectivity index (χ3n) is 7.44. The van der Waals surface area contributed by atoms with E-state index in [1.54, 1.807) is 37.1 Å². The number of halogens is 1. The minimum Gasteiger partial charge on any atom is -0.496 e. The molecule has 6 rings (SSSR count). The summed E-state index contributed by atoms with van der Waals surface area (Å²) in [4.78, 5) is 20.1. The Kier molecular flexibility index (Phi) is 9.20. The van der Waals surface area contributed by atoms with E-state index in [2.05, 4.69) is 28.9 Å². The Balaban J connectivity index is 0.000000175. The van der Waals surface area contributed by atoms with Crippen LogP contribution < -0.4 is 19.6 Å². The molecule has 3 aromatic heterocycles. The van der Waals surface area contributed by atoms with Crippen molar-refractivity contribution in [2.45, 2.75) is 40.2 Å². The lowest BCUT2D eigenvalue weighted by atomic mass is 10.1. The molecule has 0 unspecified atom stereocenters. The minimum atomic E-state index is -0.0314. The summed E-state index contributed by atoms with van der Waals surface area (Å²) in [6, 6.07) is 22.8. The molecule has 0 bridgehead atoms. The fraction of sp³-hybridized carbons (Fsp3) is 0.229. The molecule has 9 heteroatoms. The fourth-order valence-corrected chi connectivity index (χ4v) is 5.16. The molecule has 44 heavy (non-hydrogen) atoms. The van der Waals surface area contributed by atoms with Gasteiger partial charge in [-0.3, -0.25) is 4.79 Å². The monoisotopic (exact) mass is 610 g/mol. The van der Waals surface area contributed by atoms with E-state index in [9.17, 15) is 4.79 Å². The van der Waals surface area contributed by atoms with Crippen molar-refractivity contribution in [3.05, 3.63) is 117 Å². The van der Waals surface area contributed by atoms with Gasteiger partial charge in [-0.05, 0) is 55.7 Å². The quantitative estimate of drug-likeness (QED) is 0.185. The van der Waals surface area contributed by atoms with E-state index in [0.29, 0.717) is 28.9 Å². The molecule has 0 spiro atoms. The van der Waals surface area contributed by atoms with Crippen molar-refractivity contribution < 1.29 is 14.2 Å². The number of H-pyrrole nitrogens is 1. The highest BCUT2D eigenvalue weighted by molar-refractivity contribution is 6.30. The molecule has 8 nitrogen and oxygen atoms in total. The predicted molar refractivity (Wildman–Crippen MR) is 176 cm³/mol. The highest BCUT2D eigenvalue weighted by Crippen LogP contribution is 2.34. The number of hydrogen-bond donors (Lipinski definition) is 1. The molecule has 0 saturated heterocycles. The second kappa shape index (κ2) is 13.2. The van der Waals surface area contributed by atoms with Gasteiger partial charge in [-0.15, -0.1) is 0 Å². The van der Waals surface area contributed by atoms with Gasteiger partial charge in [0.25, 0.3) is 0 Å². The van der Waals surface area contributed by atoms with Crippen LogP contribution in [0.3, 0.4) is 0 Å². The van der Waals surface area contributed by atoms with Crippen molar-refractivity contribution in [1.29, 1.82) is 0 Å². The Morgan fingerprint density at radius 2 is 1.55 bits per heavy atom. The zero-order valence-electron chi connectivity index (χ0n) is 25.6. The van der Waals surface area contributed by atoms with Crippen LogP contribution >= 0.6 is 11.6 Å². The normalized spacial score (nSPS) is 11.0. The minimum absolute atomic E-state index is 0.0314. The Hall–Kier alpha value is -4.82. The van der Waals surface area contributed by atoms with Crippen molar-refractivity contribution in [3.63, 3.8) is 0 Å². The second-order valence-electron chi connectivity index (χ2n) is 10.7. The van der Waals surface area contributed by atoms with Crippen LogP contribution in [0.25, 0.3) is 27.6 Å². The lowest BCUT2D eigenvalue weighted by Crippen LogP contribution is -2.09. The van der Waals surface area contributed by atoms with Gasteiger partial charge in [0.2, 0.25) is 0 Å². The molecule has 0 saturated carbocycles. The van der Waals surface area contributed by atoms with Crippen molar-refractivity contribution in [2.24, 2.45) is 0 Å². The molecule has 6 aromatic rings. The van der Waals surface area contributed by atoms with Crippen LogP contribution in [0.2, 0.25) is 5.15 Å². The van der Waals surface area contributed by atoms with E-state index < -0.39 is 0 Å². The number of aryl methyl sites for hydroxylation is 2. The lowest BCUT2D eigenvalue weighted by Gasteiger charge is -2.13. The van der Waals surface area contributed by atoms with Crippen molar-refractivity contribution in [2.75, 3.05) is 14.2 Å². The first-order valence-electron chi connectivity index (χ1n) is 14.3. The maximum absolute atomic E-state index is 12.4. The number of aromatic nitrogens is 4. The van der Waals surface area contributed by atoms with Gasteiger partial charge in [-0.1, -0.05) is 55.8 Å². The molecular formula is C35H35ClN4O4. The summed E-state index contributed by atoms with van der Waals surface area (Å²) in [5.74, 6) is 3.26. The van der Waals surface area contributed by atoms with Gasteiger partial charge >= 0.3 is 0 Å². The SMILES string of the molecule is COc1ccc2c(=O)cc(-n3ccc(C(C)C)n3)[nH]c2c1C.COc1ccc2c(OCc3ccccc3)cc(Cl)nc2c1C. The summed E-state index contributed by atoms with van der Waals surface area (Å²) < 4.78 is 18.3. The number of rotatable bonds is 7. The van der Waals surface area contributed by atoms with Gasteiger partial charge in [-0.25, -0.2) is 9.67 Å². The van der Waals surface area contributed by atoms with E-state index in [4.69, 9.17) is 25.8 Å². The molecular weight excluding hydrogens is 576 g/mol. The highest BCUT2D eigenvalue weighted by atomic mass is 35.5. The third-order valence-corrected chi connectivity index (χ3v) is 7.64. The summed E-state index contributed by atoms with van der Waals surface area (Å²) >= 11 is 6.14. The predicted octanol–water partition coefficient (Wildman–Crippen LogP) is 7.94. The highest BCUT2D eigenvalue weighted by Gasteiger charge is 2.13. The molecule has 0 fully saturated rings. The topological polar surface area (TPSA) is 91.3 Å². The number of fused-ring (bicyclic) bond motifs is 2. The van der Waals surface area contributed by atoms with Gasteiger partial charge in [0.05, 0.1) is 30.9 Å². The number of nitrogens with zero attached hydrogens (tertiary/aromatic N) is 3. The molecule has 0 aliphatic heterocycles. The smallest absolute Gasteiger partial charge is 0.191 e. The largest absolute Gasteiger partial charge is 0.496 e. The maximum Gasteiger partial charge on any atom is 0.191 e. The van der Waals surface area contributed by atoms with E-state index in [-0.39, 0.29) is 5.43 Å². The van der Waals surface area contributed by atoms with Gasteiger partial charge in [0.1, 0.15) is 34.8 Å². The van der Waals surface area contributed by atoms with E-state index in [1.807, 2.05) is 74.6 Å². The van der Waals surface area contributed by atoms with Crippen LogP contribution in [-0.4, -0.2) is 34.0 Å². The zero-order valence-corrected chi connectivity index (χ0v) is 26.4. The second-order valence-corrected chi connectivity index (χ2v) is 11.1. The molecule has 0 radical (unpaired) electrons. The molecule has 0 amide bonds. The Morgan fingerprint density at radius 1 is 0.864 bits per heavy atom. The molecule has 226 valence electrons. The van der Waals surface area contributed by atoms with Crippen LogP contribution in [0, 0.1) is 13.8 Å². The Labute approximate surface area is 261 Å². The van der Waals surface area contributed by atoms with Crippen LogP contribution in [0.15, 0.2) is 83.8 Å². The standard InChI is InChI=1S/C18H16ClNO2.C17H19N3O2/c1-12-15(21-2)9-8-14-16(10-17(19)20-18(12)14)22-11-13-6-4-3-5-7-13;1-10(2)13-7-8-20(19-13)16-9-14(21)12-5-6-15(22-4)11(3)17(12)18-16/h3-10H,11H2,1-2H3;5-10H,1-4H3,(H,18,21). The fourth-order valence-electron chi connectivity index (χ4n) is 4.98. The lowest BCUT2D eigenvalue weighted by molar-refractivity contribution is 0.310. The summed E-state index contributed by atoms with van der Waals surface area (Å²) in [6.07, 6.45) is 1.86. The number of benzene rings is 3. The number of pyridine rings is 2. The number of nitrogens with one attached hydrogen (secondary N) is 1. The van der Waals surface area contributed by atoms with Crippen LogP contribution in [0.1, 0.15) is 42.1 Å². The zero-order chi connectivity index (χ0) is 31.4. The summed E-state index contributed by atoms with van der Waals surface area (Å²) in [7, 11) is 3.27. The number of ether oxygens (including phenoxy) is 3. The van der Waals surface area contributed by atoms with Gasteiger partial charge in [0.15, 0.2) is 5.43 Å². The van der Waals surface area contributed by atoms with E-state index >= 15 is 0 Å². The van der Waals surface area contributed by atoms with Crippen molar-refractivity contribution >= 4 is 33.4 Å².